The fraction of sp³-hybridized carbons (Fsp3) is 0.316. The Balaban J connectivity index is 1.70. The van der Waals surface area contributed by atoms with Crippen molar-refractivity contribution in [2.45, 2.75) is 17.9 Å². The van der Waals surface area contributed by atoms with E-state index < -0.39 is 22.0 Å². The largest absolute Gasteiger partial charge is 0.506 e. The first-order valence-corrected chi connectivity index (χ1v) is 10.8. The van der Waals surface area contributed by atoms with Gasteiger partial charge in [0.25, 0.3) is 0 Å². The van der Waals surface area contributed by atoms with Crippen molar-refractivity contribution in [3.05, 3.63) is 47.5 Å². The van der Waals surface area contributed by atoms with E-state index in [0.29, 0.717) is 42.7 Å². The molecule has 1 fully saturated rings. The summed E-state index contributed by atoms with van der Waals surface area (Å²) in [7, 11) is -3.66. The third-order valence-electron chi connectivity index (χ3n) is 4.43. The lowest BCUT2D eigenvalue weighted by Gasteiger charge is -2.26. The number of morpholine rings is 1. The zero-order valence-electron chi connectivity index (χ0n) is 15.8. The van der Waals surface area contributed by atoms with Crippen LogP contribution in [0.3, 0.4) is 0 Å². The summed E-state index contributed by atoms with van der Waals surface area (Å²) in [5.74, 6) is -0.432. The molecule has 156 valence electrons. The number of nitrogens with one attached hydrogen (secondary N) is 2. The molecular formula is C19H22ClN3O5S. The molecule has 0 spiro atoms. The number of hydrogen-bond donors (Lipinski definition) is 3. The Bertz CT molecular complexity index is 993. The number of hydrogen-bond acceptors (Lipinski definition) is 6. The summed E-state index contributed by atoms with van der Waals surface area (Å²) in [6, 6.07) is 9.86. The number of phenolic OH excluding ortho intramolecular Hbond substituents is 1. The van der Waals surface area contributed by atoms with Crippen LogP contribution in [-0.4, -0.2) is 56.1 Å². The number of benzene rings is 2. The minimum Gasteiger partial charge on any atom is -0.506 e. The van der Waals surface area contributed by atoms with E-state index in [0.717, 1.165) is 0 Å². The Kier molecular flexibility index (Phi) is 6.63. The van der Waals surface area contributed by atoms with E-state index in [-0.39, 0.29) is 10.6 Å². The number of carbonyl (C=O) groups is 1. The van der Waals surface area contributed by atoms with Gasteiger partial charge in [-0.3, -0.25) is 4.79 Å². The Morgan fingerprint density at radius 1 is 1.21 bits per heavy atom. The standard InChI is InChI=1S/C19H22ClN3O5S/c1-13(21-17-11-14(20)5-6-18(17)24)19(25)22-15-3-2-4-16(12-15)29(26,27)23-7-9-28-10-8-23/h2-6,11-13,21,24H,7-10H2,1H3,(H,22,25). The van der Waals surface area contributed by atoms with Crippen LogP contribution in [0.1, 0.15) is 6.92 Å². The van der Waals surface area contributed by atoms with Crippen molar-refractivity contribution >= 4 is 38.9 Å². The molecule has 1 saturated heterocycles. The molecule has 0 aromatic heterocycles. The van der Waals surface area contributed by atoms with Gasteiger partial charge in [0.2, 0.25) is 15.9 Å². The second kappa shape index (κ2) is 9.00. The van der Waals surface area contributed by atoms with Gasteiger partial charge in [0.15, 0.2) is 0 Å². The van der Waals surface area contributed by atoms with Crippen LogP contribution >= 0.6 is 11.6 Å². The summed E-state index contributed by atoms with van der Waals surface area (Å²) < 4.78 is 32.1. The highest BCUT2D eigenvalue weighted by molar-refractivity contribution is 7.89. The molecule has 2 aromatic rings. The van der Waals surface area contributed by atoms with Crippen molar-refractivity contribution in [1.29, 1.82) is 0 Å². The van der Waals surface area contributed by atoms with Crippen LogP contribution in [0, 0.1) is 0 Å². The van der Waals surface area contributed by atoms with Crippen molar-refractivity contribution in [1.82, 2.24) is 4.31 Å². The average molecular weight is 440 g/mol. The number of rotatable bonds is 6. The molecule has 2 aromatic carbocycles. The maximum atomic E-state index is 12.8. The zero-order chi connectivity index (χ0) is 21.0. The minimum atomic E-state index is -3.66. The number of ether oxygens (including phenoxy) is 1. The van der Waals surface area contributed by atoms with Crippen molar-refractivity contribution in [3.63, 3.8) is 0 Å². The molecule has 10 heteroatoms. The summed E-state index contributed by atoms with van der Waals surface area (Å²) in [6.45, 7) is 2.92. The number of phenols is 1. The summed E-state index contributed by atoms with van der Waals surface area (Å²) in [5, 5.41) is 15.9. The Morgan fingerprint density at radius 3 is 2.66 bits per heavy atom. The van der Waals surface area contributed by atoms with Gasteiger partial charge >= 0.3 is 0 Å². The molecule has 1 heterocycles. The van der Waals surface area contributed by atoms with Crippen LogP contribution in [0.4, 0.5) is 11.4 Å². The number of sulfonamides is 1. The van der Waals surface area contributed by atoms with Gasteiger partial charge in [-0.25, -0.2) is 8.42 Å². The molecule has 3 N–H and O–H groups in total. The third-order valence-corrected chi connectivity index (χ3v) is 6.56. The first-order valence-electron chi connectivity index (χ1n) is 9.01. The predicted octanol–water partition coefficient (Wildman–Crippen LogP) is 2.51. The summed E-state index contributed by atoms with van der Waals surface area (Å²) >= 11 is 5.91. The first kappa shape index (κ1) is 21.4. The Morgan fingerprint density at radius 2 is 1.93 bits per heavy atom. The van der Waals surface area contributed by atoms with E-state index in [1.807, 2.05) is 0 Å². The molecule has 0 aliphatic carbocycles. The second-order valence-electron chi connectivity index (χ2n) is 6.56. The summed E-state index contributed by atoms with van der Waals surface area (Å²) in [6.07, 6.45) is 0. The van der Waals surface area contributed by atoms with E-state index in [4.69, 9.17) is 16.3 Å². The van der Waals surface area contributed by atoms with Crippen molar-refractivity contribution in [2.24, 2.45) is 0 Å². The minimum absolute atomic E-state index is 0.0346. The summed E-state index contributed by atoms with van der Waals surface area (Å²) in [5.41, 5.74) is 0.678. The maximum absolute atomic E-state index is 12.8. The van der Waals surface area contributed by atoms with Crippen LogP contribution in [0.5, 0.6) is 5.75 Å². The third kappa shape index (κ3) is 5.18. The molecule has 1 aliphatic rings. The fourth-order valence-electron chi connectivity index (χ4n) is 2.84. The zero-order valence-corrected chi connectivity index (χ0v) is 17.3. The molecule has 0 bridgehead atoms. The van der Waals surface area contributed by atoms with E-state index in [9.17, 15) is 18.3 Å². The molecule has 1 atom stereocenters. The van der Waals surface area contributed by atoms with E-state index in [1.54, 1.807) is 19.1 Å². The lowest BCUT2D eigenvalue weighted by molar-refractivity contribution is -0.116. The van der Waals surface area contributed by atoms with Crippen LogP contribution in [-0.2, 0) is 19.6 Å². The van der Waals surface area contributed by atoms with Crippen molar-refractivity contribution in [2.75, 3.05) is 36.9 Å². The fourth-order valence-corrected chi connectivity index (χ4v) is 4.47. The van der Waals surface area contributed by atoms with Crippen LogP contribution < -0.4 is 10.6 Å². The van der Waals surface area contributed by atoms with Gasteiger partial charge in [-0.2, -0.15) is 4.31 Å². The van der Waals surface area contributed by atoms with Gasteiger partial charge in [-0.05, 0) is 43.3 Å². The van der Waals surface area contributed by atoms with Gasteiger partial charge in [-0.1, -0.05) is 17.7 Å². The normalized spacial score (nSPS) is 16.2. The van der Waals surface area contributed by atoms with Gasteiger partial charge in [0, 0.05) is 23.8 Å². The number of carbonyl (C=O) groups excluding carboxylic acids is 1. The summed E-state index contributed by atoms with van der Waals surface area (Å²) in [4.78, 5) is 12.6. The highest BCUT2D eigenvalue weighted by atomic mass is 35.5. The van der Waals surface area contributed by atoms with Gasteiger partial charge in [-0.15, -0.1) is 0 Å². The van der Waals surface area contributed by atoms with Gasteiger partial charge in [0.05, 0.1) is 23.8 Å². The quantitative estimate of drug-likeness (QED) is 0.597. The van der Waals surface area contributed by atoms with Gasteiger partial charge < -0.3 is 20.5 Å². The molecule has 8 nitrogen and oxygen atoms in total. The average Bonchev–Trinajstić information content (AvgIpc) is 2.71. The highest BCUT2D eigenvalue weighted by Crippen LogP contribution is 2.27. The molecule has 0 radical (unpaired) electrons. The Hall–Kier alpha value is -2.33. The van der Waals surface area contributed by atoms with E-state index in [1.165, 1.54) is 34.6 Å². The van der Waals surface area contributed by atoms with E-state index in [2.05, 4.69) is 10.6 Å². The monoisotopic (exact) mass is 439 g/mol. The number of nitrogens with zero attached hydrogens (tertiary/aromatic N) is 1. The van der Waals surface area contributed by atoms with Crippen LogP contribution in [0.15, 0.2) is 47.4 Å². The SMILES string of the molecule is CC(Nc1cc(Cl)ccc1O)C(=O)Nc1cccc(S(=O)(=O)N2CCOCC2)c1. The smallest absolute Gasteiger partial charge is 0.246 e. The van der Waals surface area contributed by atoms with E-state index >= 15 is 0 Å². The molecule has 0 saturated carbocycles. The number of anilines is 2. The lowest BCUT2D eigenvalue weighted by Crippen LogP contribution is -2.40. The predicted molar refractivity (Wildman–Crippen MR) is 111 cm³/mol. The maximum Gasteiger partial charge on any atom is 0.246 e. The lowest BCUT2D eigenvalue weighted by atomic mass is 10.2. The first-order chi connectivity index (χ1) is 13.8. The topological polar surface area (TPSA) is 108 Å². The highest BCUT2D eigenvalue weighted by Gasteiger charge is 2.26. The Labute approximate surface area is 174 Å². The van der Waals surface area contributed by atoms with Crippen LogP contribution in [0.25, 0.3) is 0 Å². The van der Waals surface area contributed by atoms with Crippen molar-refractivity contribution < 1.29 is 23.1 Å². The molecule has 29 heavy (non-hydrogen) atoms. The molecule has 1 amide bonds. The van der Waals surface area contributed by atoms with Crippen LogP contribution in [0.2, 0.25) is 5.02 Å². The van der Waals surface area contributed by atoms with Gasteiger partial charge in [0.1, 0.15) is 11.8 Å². The molecular weight excluding hydrogens is 418 g/mol. The second-order valence-corrected chi connectivity index (χ2v) is 8.94. The molecule has 1 unspecified atom stereocenters. The number of aromatic hydroxyl groups is 1. The molecule has 1 aliphatic heterocycles. The number of halogens is 1. The van der Waals surface area contributed by atoms with Crippen molar-refractivity contribution in [3.8, 4) is 5.75 Å². The molecule has 3 rings (SSSR count). The number of amides is 1.